The molecule has 2 rings (SSSR count). The summed E-state index contributed by atoms with van der Waals surface area (Å²) in [7, 11) is -4.10. The van der Waals surface area contributed by atoms with Crippen LogP contribution in [0.15, 0.2) is 44.9 Å². The van der Waals surface area contributed by atoms with Gasteiger partial charge in [-0.1, -0.05) is 49.3 Å². The van der Waals surface area contributed by atoms with Gasteiger partial charge in [0.05, 0.1) is 4.90 Å². The van der Waals surface area contributed by atoms with Crippen molar-refractivity contribution >= 4 is 10.0 Å². The quantitative estimate of drug-likeness (QED) is 0.652. The third-order valence-corrected chi connectivity index (χ3v) is 5.27. The average molecular weight is 360 g/mol. The van der Waals surface area contributed by atoms with E-state index in [9.17, 15) is 18.0 Å². The van der Waals surface area contributed by atoms with E-state index in [-0.39, 0.29) is 10.5 Å². The van der Waals surface area contributed by atoms with Crippen LogP contribution in [-0.2, 0) is 10.0 Å². The molecule has 0 radical (unpaired) electrons. The molecule has 132 valence electrons. The van der Waals surface area contributed by atoms with Crippen LogP contribution < -0.4 is 11.2 Å². The monoisotopic (exact) mass is 360 g/mol. The molecular formula is C18H20N2O4S. The zero-order valence-corrected chi connectivity index (χ0v) is 15.0. The molecule has 0 unspecified atom stereocenters. The normalized spacial score (nSPS) is 11.0. The van der Waals surface area contributed by atoms with Crippen molar-refractivity contribution in [2.24, 2.45) is 0 Å². The minimum absolute atomic E-state index is 0.0332. The van der Waals surface area contributed by atoms with Crippen LogP contribution in [0.1, 0.15) is 43.7 Å². The maximum Gasteiger partial charge on any atom is 0.342 e. The van der Waals surface area contributed by atoms with E-state index in [1.165, 1.54) is 12.1 Å². The summed E-state index contributed by atoms with van der Waals surface area (Å²) in [5, 5.41) is 0. The number of nitrogens with one attached hydrogen (secondary N) is 1. The van der Waals surface area contributed by atoms with Crippen LogP contribution in [0, 0.1) is 18.8 Å². The minimum atomic E-state index is -4.10. The van der Waals surface area contributed by atoms with Crippen LogP contribution in [0.4, 0.5) is 0 Å². The van der Waals surface area contributed by atoms with Gasteiger partial charge in [0.1, 0.15) is 5.56 Å². The molecule has 0 aliphatic heterocycles. The van der Waals surface area contributed by atoms with Gasteiger partial charge in [0.15, 0.2) is 0 Å². The molecule has 1 aromatic carbocycles. The zero-order valence-electron chi connectivity index (χ0n) is 14.2. The molecule has 0 saturated carbocycles. The highest BCUT2D eigenvalue weighted by Crippen LogP contribution is 2.12. The number of aryl methyl sites for hydroxylation is 1. The third-order valence-electron chi connectivity index (χ3n) is 3.62. The Bertz CT molecular complexity index is 1020. The van der Waals surface area contributed by atoms with Crippen LogP contribution >= 0.6 is 0 Å². The largest absolute Gasteiger partial charge is 0.342 e. The molecule has 1 aromatic heterocycles. The van der Waals surface area contributed by atoms with Gasteiger partial charge in [0.2, 0.25) is 0 Å². The van der Waals surface area contributed by atoms with Gasteiger partial charge in [0, 0.05) is 12.6 Å². The topological polar surface area (TPSA) is 89.0 Å². The van der Waals surface area contributed by atoms with E-state index in [0.29, 0.717) is 10.4 Å². The lowest BCUT2D eigenvalue weighted by Crippen LogP contribution is -2.35. The molecule has 25 heavy (non-hydrogen) atoms. The maximum atomic E-state index is 12.6. The van der Waals surface area contributed by atoms with Crippen molar-refractivity contribution in [3.63, 3.8) is 0 Å². The molecular weight excluding hydrogens is 340 g/mol. The molecule has 0 bridgehead atoms. The number of aromatic amines is 1. The predicted octanol–water partition coefficient (Wildman–Crippen LogP) is 2.01. The van der Waals surface area contributed by atoms with Gasteiger partial charge < -0.3 is 0 Å². The number of unbranched alkanes of at least 4 members (excludes halogenated alkanes) is 3. The second-order valence-electron chi connectivity index (χ2n) is 5.67. The van der Waals surface area contributed by atoms with Crippen molar-refractivity contribution in [1.29, 1.82) is 0 Å². The number of nitrogens with zero attached hydrogens (tertiary/aromatic N) is 1. The number of hydrogen-bond acceptors (Lipinski definition) is 4. The SMILES string of the molecule is CCCCCC#Cc1cn(S(=O)(=O)c2ccc(C)cc2)c(=O)[nH]c1=O. The van der Waals surface area contributed by atoms with E-state index < -0.39 is 21.3 Å². The molecule has 0 saturated heterocycles. The lowest BCUT2D eigenvalue weighted by molar-refractivity contribution is 0.583. The molecule has 1 heterocycles. The molecule has 2 aromatic rings. The molecule has 0 spiro atoms. The number of H-pyrrole nitrogens is 1. The number of rotatable bonds is 5. The number of benzene rings is 1. The highest BCUT2D eigenvalue weighted by atomic mass is 32.2. The Morgan fingerprint density at radius 1 is 1.12 bits per heavy atom. The summed E-state index contributed by atoms with van der Waals surface area (Å²) in [5.74, 6) is 5.50. The number of hydrogen-bond donors (Lipinski definition) is 1. The molecule has 0 atom stereocenters. The second kappa shape index (κ2) is 7.99. The first kappa shape index (κ1) is 18.7. The molecule has 6 nitrogen and oxygen atoms in total. The Hall–Kier alpha value is -2.59. The van der Waals surface area contributed by atoms with Gasteiger partial charge >= 0.3 is 5.69 Å². The fourth-order valence-electron chi connectivity index (χ4n) is 2.17. The highest BCUT2D eigenvalue weighted by molar-refractivity contribution is 7.90. The van der Waals surface area contributed by atoms with Crippen molar-refractivity contribution in [2.75, 3.05) is 0 Å². The fourth-order valence-corrected chi connectivity index (χ4v) is 3.38. The van der Waals surface area contributed by atoms with Crippen molar-refractivity contribution in [1.82, 2.24) is 8.96 Å². The summed E-state index contributed by atoms with van der Waals surface area (Å²) in [6.45, 7) is 3.90. The first-order valence-electron chi connectivity index (χ1n) is 8.03. The molecule has 0 fully saturated rings. The van der Waals surface area contributed by atoms with Gasteiger partial charge in [0.25, 0.3) is 15.6 Å². The molecule has 7 heteroatoms. The van der Waals surface area contributed by atoms with Crippen LogP contribution in [0.3, 0.4) is 0 Å². The van der Waals surface area contributed by atoms with Crippen LogP contribution in [0.2, 0.25) is 0 Å². The van der Waals surface area contributed by atoms with E-state index in [1.54, 1.807) is 12.1 Å². The predicted molar refractivity (Wildman–Crippen MR) is 96.1 cm³/mol. The van der Waals surface area contributed by atoms with Crippen molar-refractivity contribution in [2.45, 2.75) is 44.4 Å². The lowest BCUT2D eigenvalue weighted by atomic mass is 10.2. The van der Waals surface area contributed by atoms with E-state index in [4.69, 9.17) is 0 Å². The minimum Gasteiger partial charge on any atom is -0.272 e. The highest BCUT2D eigenvalue weighted by Gasteiger charge is 2.19. The summed E-state index contributed by atoms with van der Waals surface area (Å²) >= 11 is 0. The summed E-state index contributed by atoms with van der Waals surface area (Å²) in [4.78, 5) is 25.8. The van der Waals surface area contributed by atoms with Crippen LogP contribution in [-0.4, -0.2) is 17.4 Å². The van der Waals surface area contributed by atoms with E-state index in [0.717, 1.165) is 31.0 Å². The third kappa shape index (κ3) is 4.48. The summed E-state index contributed by atoms with van der Waals surface area (Å²) < 4.78 is 25.8. The maximum absolute atomic E-state index is 12.6. The van der Waals surface area contributed by atoms with Gasteiger partial charge in [-0.2, -0.15) is 3.97 Å². The lowest BCUT2D eigenvalue weighted by Gasteiger charge is -2.07. The second-order valence-corrected chi connectivity index (χ2v) is 7.49. The molecule has 0 aliphatic rings. The first-order chi connectivity index (χ1) is 11.9. The first-order valence-corrected chi connectivity index (χ1v) is 9.47. The Morgan fingerprint density at radius 2 is 1.80 bits per heavy atom. The molecule has 1 N–H and O–H groups in total. The van der Waals surface area contributed by atoms with E-state index in [2.05, 4.69) is 18.8 Å². The summed E-state index contributed by atoms with van der Waals surface area (Å²) in [6, 6.07) is 6.10. The average Bonchev–Trinajstić information content (AvgIpc) is 2.56. The Kier molecular flexibility index (Phi) is 5.99. The van der Waals surface area contributed by atoms with Crippen molar-refractivity contribution in [3.05, 3.63) is 62.4 Å². The summed E-state index contributed by atoms with van der Waals surface area (Å²) in [6.07, 6.45) is 4.59. The standard InChI is InChI=1S/C18H20N2O4S/c1-3-4-5-6-7-8-15-13-20(18(22)19-17(15)21)25(23,24)16-11-9-14(2)10-12-16/h9-13H,3-6H2,1-2H3,(H,19,21,22). The Balaban J connectivity index is 2.44. The molecule has 0 amide bonds. The summed E-state index contributed by atoms with van der Waals surface area (Å²) in [5.41, 5.74) is -0.858. The molecule has 0 aliphatic carbocycles. The fraction of sp³-hybridized carbons (Fsp3) is 0.333. The van der Waals surface area contributed by atoms with E-state index >= 15 is 0 Å². The van der Waals surface area contributed by atoms with Gasteiger partial charge in [-0.3, -0.25) is 9.78 Å². The van der Waals surface area contributed by atoms with Crippen LogP contribution in [0.5, 0.6) is 0 Å². The van der Waals surface area contributed by atoms with Crippen molar-refractivity contribution in [3.8, 4) is 11.8 Å². The smallest absolute Gasteiger partial charge is 0.272 e. The van der Waals surface area contributed by atoms with Crippen molar-refractivity contribution < 1.29 is 8.42 Å². The van der Waals surface area contributed by atoms with Gasteiger partial charge in [-0.25, -0.2) is 13.2 Å². The Labute approximate surface area is 146 Å². The van der Waals surface area contributed by atoms with Gasteiger partial charge in [-0.05, 0) is 25.5 Å². The number of aromatic nitrogens is 2. The van der Waals surface area contributed by atoms with E-state index in [1.807, 2.05) is 11.9 Å². The van der Waals surface area contributed by atoms with Gasteiger partial charge in [-0.15, -0.1) is 0 Å². The Morgan fingerprint density at radius 3 is 2.44 bits per heavy atom. The van der Waals surface area contributed by atoms with Crippen LogP contribution in [0.25, 0.3) is 0 Å². The zero-order chi connectivity index (χ0) is 18.4.